The zero-order valence-corrected chi connectivity index (χ0v) is 8.35. The van der Waals surface area contributed by atoms with E-state index in [1.807, 2.05) is 19.1 Å². The molecule has 0 radical (unpaired) electrons. The molecule has 0 bridgehead atoms. The average molecular weight is 202 g/mol. The topological polar surface area (TPSA) is 41.5 Å². The van der Waals surface area contributed by atoms with Crippen LogP contribution < -0.4 is 10.2 Å². The first-order valence-corrected chi connectivity index (χ1v) is 4.26. The molecule has 0 fully saturated rings. The third-order valence-corrected chi connectivity index (χ3v) is 2.11. The fourth-order valence-electron chi connectivity index (χ4n) is 1.17. The van der Waals surface area contributed by atoms with Crippen molar-refractivity contribution < 1.29 is 9.94 Å². The van der Waals surface area contributed by atoms with Crippen molar-refractivity contribution in [3.63, 3.8) is 0 Å². The van der Waals surface area contributed by atoms with Crippen LogP contribution >= 0.6 is 11.6 Å². The Morgan fingerprint density at radius 2 is 2.23 bits per heavy atom. The van der Waals surface area contributed by atoms with E-state index in [9.17, 15) is 0 Å². The summed E-state index contributed by atoms with van der Waals surface area (Å²) in [4.78, 5) is 0. The summed E-state index contributed by atoms with van der Waals surface area (Å²) >= 11 is 5.96. The van der Waals surface area contributed by atoms with Gasteiger partial charge in [-0.2, -0.15) is 0 Å². The van der Waals surface area contributed by atoms with Crippen LogP contribution in [0.15, 0.2) is 12.1 Å². The number of aryl methyl sites for hydroxylation is 1. The van der Waals surface area contributed by atoms with Gasteiger partial charge in [0.1, 0.15) is 5.75 Å². The van der Waals surface area contributed by atoms with Crippen LogP contribution in [-0.4, -0.2) is 12.3 Å². The lowest BCUT2D eigenvalue weighted by atomic mass is 10.1. The van der Waals surface area contributed by atoms with Gasteiger partial charge >= 0.3 is 0 Å². The fraction of sp³-hybridized carbons (Fsp3) is 0.333. The van der Waals surface area contributed by atoms with Gasteiger partial charge in [-0.15, -0.1) is 0 Å². The molecule has 0 aliphatic carbocycles. The Labute approximate surface area is 82.2 Å². The number of hydrogen-bond acceptors (Lipinski definition) is 3. The van der Waals surface area contributed by atoms with Crippen LogP contribution in [0, 0.1) is 6.92 Å². The van der Waals surface area contributed by atoms with E-state index >= 15 is 0 Å². The number of nitrogens with one attached hydrogen (secondary N) is 1. The molecule has 2 N–H and O–H groups in total. The zero-order valence-electron chi connectivity index (χ0n) is 7.60. The van der Waals surface area contributed by atoms with Crippen molar-refractivity contribution in [2.75, 3.05) is 7.11 Å². The van der Waals surface area contributed by atoms with E-state index in [2.05, 4.69) is 5.48 Å². The van der Waals surface area contributed by atoms with E-state index in [1.165, 1.54) is 0 Å². The maximum absolute atomic E-state index is 8.57. The van der Waals surface area contributed by atoms with Crippen LogP contribution in [-0.2, 0) is 6.54 Å². The van der Waals surface area contributed by atoms with Crippen LogP contribution in [0.1, 0.15) is 11.1 Å². The third kappa shape index (κ3) is 2.34. The second kappa shape index (κ2) is 4.46. The maximum Gasteiger partial charge on any atom is 0.125 e. The summed E-state index contributed by atoms with van der Waals surface area (Å²) in [6.45, 7) is 2.22. The van der Waals surface area contributed by atoms with Gasteiger partial charge in [0, 0.05) is 10.6 Å². The highest BCUT2D eigenvalue weighted by molar-refractivity contribution is 6.31. The van der Waals surface area contributed by atoms with Gasteiger partial charge in [0.05, 0.1) is 13.7 Å². The lowest BCUT2D eigenvalue weighted by Crippen LogP contribution is -2.08. The molecule has 0 atom stereocenters. The molecule has 3 nitrogen and oxygen atoms in total. The Hall–Kier alpha value is -0.770. The van der Waals surface area contributed by atoms with Crippen molar-refractivity contribution >= 4 is 11.6 Å². The molecule has 0 aromatic heterocycles. The second-order valence-electron chi connectivity index (χ2n) is 2.76. The highest BCUT2D eigenvalue weighted by Crippen LogP contribution is 2.27. The monoisotopic (exact) mass is 201 g/mol. The highest BCUT2D eigenvalue weighted by Gasteiger charge is 2.07. The minimum absolute atomic E-state index is 0.280. The first-order chi connectivity index (χ1) is 6.19. The molecule has 0 aliphatic rings. The lowest BCUT2D eigenvalue weighted by molar-refractivity contribution is 0.160. The van der Waals surface area contributed by atoms with Crippen molar-refractivity contribution in [1.29, 1.82) is 0 Å². The molecule has 0 unspecified atom stereocenters. The zero-order chi connectivity index (χ0) is 9.84. The Kier molecular flexibility index (Phi) is 3.54. The SMILES string of the molecule is COc1cc(C)cc(Cl)c1CNO. The average Bonchev–Trinajstić information content (AvgIpc) is 2.09. The highest BCUT2D eigenvalue weighted by atomic mass is 35.5. The lowest BCUT2D eigenvalue weighted by Gasteiger charge is -2.10. The molecule has 1 aromatic carbocycles. The molecule has 4 heteroatoms. The molecular weight excluding hydrogens is 190 g/mol. The number of benzene rings is 1. The third-order valence-electron chi connectivity index (χ3n) is 1.77. The molecule has 13 heavy (non-hydrogen) atoms. The largest absolute Gasteiger partial charge is 0.496 e. The molecule has 0 saturated carbocycles. The molecular formula is C9H12ClNO2. The Bertz CT molecular complexity index is 302. The van der Waals surface area contributed by atoms with E-state index in [0.29, 0.717) is 10.8 Å². The van der Waals surface area contributed by atoms with Gasteiger partial charge in [-0.1, -0.05) is 11.6 Å². The summed E-state index contributed by atoms with van der Waals surface area (Å²) in [6.07, 6.45) is 0. The fourth-order valence-corrected chi connectivity index (χ4v) is 1.51. The smallest absolute Gasteiger partial charge is 0.125 e. The number of methoxy groups -OCH3 is 1. The molecule has 0 aliphatic heterocycles. The number of halogens is 1. The Balaban J connectivity index is 3.13. The summed E-state index contributed by atoms with van der Waals surface area (Å²) in [6, 6.07) is 3.70. The van der Waals surface area contributed by atoms with Gasteiger partial charge in [-0.25, -0.2) is 5.48 Å². The van der Waals surface area contributed by atoms with Crippen molar-refractivity contribution in [1.82, 2.24) is 5.48 Å². The van der Waals surface area contributed by atoms with Gasteiger partial charge in [-0.3, -0.25) is 0 Å². The van der Waals surface area contributed by atoms with E-state index < -0.39 is 0 Å². The summed E-state index contributed by atoms with van der Waals surface area (Å²) in [5.74, 6) is 0.687. The molecule has 1 aromatic rings. The van der Waals surface area contributed by atoms with E-state index in [0.717, 1.165) is 11.1 Å². The van der Waals surface area contributed by atoms with E-state index in [4.69, 9.17) is 21.5 Å². The summed E-state index contributed by atoms with van der Waals surface area (Å²) < 4.78 is 5.12. The van der Waals surface area contributed by atoms with Gasteiger partial charge in [0.2, 0.25) is 0 Å². The van der Waals surface area contributed by atoms with Crippen LogP contribution in [0.4, 0.5) is 0 Å². The number of hydroxylamine groups is 1. The van der Waals surface area contributed by atoms with Gasteiger partial charge in [0.15, 0.2) is 0 Å². The molecule has 0 heterocycles. The predicted molar refractivity (Wildman–Crippen MR) is 51.4 cm³/mol. The normalized spacial score (nSPS) is 10.2. The van der Waals surface area contributed by atoms with Gasteiger partial charge in [0.25, 0.3) is 0 Å². The number of hydrogen-bond donors (Lipinski definition) is 2. The van der Waals surface area contributed by atoms with Crippen LogP contribution in [0.25, 0.3) is 0 Å². The molecule has 0 saturated heterocycles. The molecule has 0 spiro atoms. The van der Waals surface area contributed by atoms with E-state index in [-0.39, 0.29) is 6.54 Å². The summed E-state index contributed by atoms with van der Waals surface area (Å²) in [5, 5.41) is 9.16. The first kappa shape index (κ1) is 10.3. The number of rotatable bonds is 3. The second-order valence-corrected chi connectivity index (χ2v) is 3.17. The Morgan fingerprint density at radius 3 is 2.77 bits per heavy atom. The summed E-state index contributed by atoms with van der Waals surface area (Å²) in [5.41, 5.74) is 3.85. The molecule has 1 rings (SSSR count). The van der Waals surface area contributed by atoms with Crippen molar-refractivity contribution in [2.45, 2.75) is 13.5 Å². The standard InChI is InChI=1S/C9H12ClNO2/c1-6-3-8(10)7(5-11-12)9(4-6)13-2/h3-4,11-12H,5H2,1-2H3. The summed E-state index contributed by atoms with van der Waals surface area (Å²) in [7, 11) is 1.58. The molecule has 72 valence electrons. The first-order valence-electron chi connectivity index (χ1n) is 3.89. The van der Waals surface area contributed by atoms with Crippen LogP contribution in [0.2, 0.25) is 5.02 Å². The number of ether oxygens (including phenoxy) is 1. The van der Waals surface area contributed by atoms with Gasteiger partial charge in [-0.05, 0) is 24.6 Å². The quantitative estimate of drug-likeness (QED) is 0.737. The maximum atomic E-state index is 8.57. The van der Waals surface area contributed by atoms with Gasteiger partial charge < -0.3 is 9.94 Å². The van der Waals surface area contributed by atoms with Crippen molar-refractivity contribution in [3.8, 4) is 5.75 Å². The van der Waals surface area contributed by atoms with E-state index in [1.54, 1.807) is 7.11 Å². The minimum Gasteiger partial charge on any atom is -0.496 e. The Morgan fingerprint density at radius 1 is 1.54 bits per heavy atom. The predicted octanol–water partition coefficient (Wildman–Crippen LogP) is 2.14. The minimum atomic E-state index is 0.280. The van der Waals surface area contributed by atoms with Crippen molar-refractivity contribution in [2.24, 2.45) is 0 Å². The van der Waals surface area contributed by atoms with Crippen molar-refractivity contribution in [3.05, 3.63) is 28.3 Å². The molecule has 0 amide bonds. The van der Waals surface area contributed by atoms with Crippen LogP contribution in [0.5, 0.6) is 5.75 Å². The van der Waals surface area contributed by atoms with Crippen LogP contribution in [0.3, 0.4) is 0 Å².